The van der Waals surface area contributed by atoms with Gasteiger partial charge in [-0.2, -0.15) is 0 Å². The minimum atomic E-state index is -0.227. The topological polar surface area (TPSA) is 29.9 Å². The second-order valence-electron chi connectivity index (χ2n) is 5.52. The molecule has 0 amide bonds. The highest BCUT2D eigenvalue weighted by molar-refractivity contribution is 5.76. The van der Waals surface area contributed by atoms with E-state index in [0.717, 1.165) is 43.7 Å². The first-order chi connectivity index (χ1) is 9.18. The lowest BCUT2D eigenvalue weighted by Crippen LogP contribution is -2.44. The first kappa shape index (κ1) is 12.6. The van der Waals surface area contributed by atoms with Crippen molar-refractivity contribution in [2.75, 3.05) is 13.1 Å². The Bertz CT molecular complexity index is 597. The maximum Gasteiger partial charge on any atom is 0.151 e. The molecule has 1 aliphatic heterocycles. The van der Waals surface area contributed by atoms with Crippen LogP contribution in [-0.4, -0.2) is 22.6 Å². The van der Waals surface area contributed by atoms with Crippen molar-refractivity contribution in [3.63, 3.8) is 0 Å². The highest BCUT2D eigenvalue weighted by Crippen LogP contribution is 2.35. The molecule has 102 valence electrons. The van der Waals surface area contributed by atoms with Crippen LogP contribution in [0.15, 0.2) is 18.2 Å². The molecule has 1 N–H and O–H groups in total. The van der Waals surface area contributed by atoms with Crippen LogP contribution in [0.5, 0.6) is 0 Å². The van der Waals surface area contributed by atoms with Crippen LogP contribution < -0.4 is 5.32 Å². The molecule has 0 aliphatic carbocycles. The Balaban J connectivity index is 2.18. The van der Waals surface area contributed by atoms with Gasteiger partial charge in [0.05, 0.1) is 5.52 Å². The third-order valence-corrected chi connectivity index (χ3v) is 4.49. The molecule has 1 aromatic carbocycles. The molecule has 3 nitrogen and oxygen atoms in total. The molecule has 0 spiro atoms. The van der Waals surface area contributed by atoms with Gasteiger partial charge in [0.15, 0.2) is 5.82 Å². The molecule has 2 aromatic rings. The SMILES string of the molecule is CCC1(c2nc3c(F)cccc3n2C)CCCNC1. The van der Waals surface area contributed by atoms with Crippen molar-refractivity contribution in [2.45, 2.75) is 31.6 Å². The standard InChI is InChI=1S/C15H20FN3/c1-3-15(8-5-9-17-10-15)14-18-13-11(16)6-4-7-12(13)19(14)2/h4,6-7,17H,3,5,8-10H2,1-2H3. The van der Waals surface area contributed by atoms with E-state index in [-0.39, 0.29) is 11.2 Å². The lowest BCUT2D eigenvalue weighted by atomic mass is 9.77. The quantitative estimate of drug-likeness (QED) is 0.901. The molecular weight excluding hydrogens is 241 g/mol. The fourth-order valence-corrected chi connectivity index (χ4v) is 3.27. The number of nitrogens with zero attached hydrogens (tertiary/aromatic N) is 2. The zero-order valence-electron chi connectivity index (χ0n) is 11.5. The molecule has 0 bridgehead atoms. The second kappa shape index (κ2) is 4.60. The number of imidazole rings is 1. The van der Waals surface area contributed by atoms with Crippen molar-refractivity contribution >= 4 is 11.0 Å². The van der Waals surface area contributed by atoms with E-state index in [1.807, 2.05) is 13.1 Å². The molecule has 0 radical (unpaired) electrons. The molecule has 2 heterocycles. The Morgan fingerprint density at radius 2 is 2.32 bits per heavy atom. The van der Waals surface area contributed by atoms with Gasteiger partial charge in [-0.25, -0.2) is 9.37 Å². The normalized spacial score (nSPS) is 23.9. The van der Waals surface area contributed by atoms with Crippen molar-refractivity contribution in [1.82, 2.24) is 14.9 Å². The Labute approximate surface area is 112 Å². The van der Waals surface area contributed by atoms with E-state index in [1.54, 1.807) is 6.07 Å². The van der Waals surface area contributed by atoms with E-state index in [1.165, 1.54) is 6.07 Å². The van der Waals surface area contributed by atoms with Crippen molar-refractivity contribution in [1.29, 1.82) is 0 Å². The Hall–Kier alpha value is -1.42. The number of rotatable bonds is 2. The summed E-state index contributed by atoms with van der Waals surface area (Å²) >= 11 is 0. The summed E-state index contributed by atoms with van der Waals surface area (Å²) in [5, 5.41) is 3.46. The van der Waals surface area contributed by atoms with Crippen LogP contribution in [0.3, 0.4) is 0 Å². The highest BCUT2D eigenvalue weighted by atomic mass is 19.1. The van der Waals surface area contributed by atoms with Gasteiger partial charge in [-0.05, 0) is 37.9 Å². The number of fused-ring (bicyclic) bond motifs is 1. The average Bonchev–Trinajstić information content (AvgIpc) is 2.79. The zero-order chi connectivity index (χ0) is 13.5. The van der Waals surface area contributed by atoms with Crippen LogP contribution in [0, 0.1) is 5.82 Å². The number of aryl methyl sites for hydroxylation is 1. The average molecular weight is 261 g/mol. The van der Waals surface area contributed by atoms with Crippen molar-refractivity contribution < 1.29 is 4.39 Å². The first-order valence-corrected chi connectivity index (χ1v) is 7.00. The fourth-order valence-electron chi connectivity index (χ4n) is 3.27. The second-order valence-corrected chi connectivity index (χ2v) is 5.52. The molecule has 19 heavy (non-hydrogen) atoms. The van der Waals surface area contributed by atoms with E-state index in [4.69, 9.17) is 0 Å². The van der Waals surface area contributed by atoms with Gasteiger partial charge >= 0.3 is 0 Å². The third-order valence-electron chi connectivity index (χ3n) is 4.49. The minimum Gasteiger partial charge on any atom is -0.331 e. The molecule has 1 aliphatic rings. The maximum absolute atomic E-state index is 13.9. The Kier molecular flexibility index (Phi) is 3.05. The number of aromatic nitrogens is 2. The van der Waals surface area contributed by atoms with Crippen molar-refractivity contribution in [3.05, 3.63) is 29.8 Å². The molecule has 1 saturated heterocycles. The van der Waals surface area contributed by atoms with E-state index in [2.05, 4.69) is 21.8 Å². The number of hydrogen-bond donors (Lipinski definition) is 1. The molecule has 1 unspecified atom stereocenters. The van der Waals surface area contributed by atoms with E-state index in [9.17, 15) is 4.39 Å². The van der Waals surface area contributed by atoms with Gasteiger partial charge in [-0.15, -0.1) is 0 Å². The summed E-state index contributed by atoms with van der Waals surface area (Å²) in [7, 11) is 2.00. The molecule has 3 rings (SSSR count). The molecule has 4 heteroatoms. The van der Waals surface area contributed by atoms with E-state index >= 15 is 0 Å². The van der Waals surface area contributed by atoms with Gasteiger partial charge in [-0.3, -0.25) is 0 Å². The lowest BCUT2D eigenvalue weighted by Gasteiger charge is -2.36. The number of hydrogen-bond acceptors (Lipinski definition) is 2. The number of halogens is 1. The van der Waals surface area contributed by atoms with Crippen LogP contribution in [-0.2, 0) is 12.5 Å². The monoisotopic (exact) mass is 261 g/mol. The van der Waals surface area contributed by atoms with Gasteiger partial charge in [-0.1, -0.05) is 13.0 Å². The smallest absolute Gasteiger partial charge is 0.151 e. The van der Waals surface area contributed by atoms with Crippen LogP contribution in [0.4, 0.5) is 4.39 Å². The zero-order valence-corrected chi connectivity index (χ0v) is 11.5. The van der Waals surface area contributed by atoms with E-state index < -0.39 is 0 Å². The molecule has 1 atom stereocenters. The summed E-state index contributed by atoms with van der Waals surface area (Å²) < 4.78 is 15.9. The summed E-state index contributed by atoms with van der Waals surface area (Å²) in [6.07, 6.45) is 3.30. The van der Waals surface area contributed by atoms with Crippen molar-refractivity contribution in [2.24, 2.45) is 7.05 Å². The molecular formula is C15H20FN3. The Morgan fingerprint density at radius 1 is 1.47 bits per heavy atom. The number of para-hydroxylation sites is 1. The molecule has 1 fully saturated rings. The number of nitrogens with one attached hydrogen (secondary N) is 1. The first-order valence-electron chi connectivity index (χ1n) is 7.00. The summed E-state index contributed by atoms with van der Waals surface area (Å²) in [5.41, 5.74) is 1.42. The summed E-state index contributed by atoms with van der Waals surface area (Å²) in [6.45, 7) is 4.20. The predicted molar refractivity (Wildman–Crippen MR) is 74.7 cm³/mol. The lowest BCUT2D eigenvalue weighted by molar-refractivity contribution is 0.283. The van der Waals surface area contributed by atoms with Crippen LogP contribution in [0.2, 0.25) is 0 Å². The maximum atomic E-state index is 13.9. The predicted octanol–water partition coefficient (Wildman–Crippen LogP) is 2.74. The summed E-state index contributed by atoms with van der Waals surface area (Å²) in [6, 6.07) is 5.17. The van der Waals surface area contributed by atoms with Gasteiger partial charge in [0.1, 0.15) is 11.3 Å². The summed E-state index contributed by atoms with van der Waals surface area (Å²) in [4.78, 5) is 4.63. The largest absolute Gasteiger partial charge is 0.331 e. The van der Waals surface area contributed by atoms with Crippen molar-refractivity contribution in [3.8, 4) is 0 Å². The Morgan fingerprint density at radius 3 is 2.95 bits per heavy atom. The molecule has 1 aromatic heterocycles. The number of piperidine rings is 1. The van der Waals surface area contributed by atoms with Gasteiger partial charge in [0.2, 0.25) is 0 Å². The van der Waals surface area contributed by atoms with Gasteiger partial charge in [0, 0.05) is 19.0 Å². The fraction of sp³-hybridized carbons (Fsp3) is 0.533. The van der Waals surface area contributed by atoms with Crippen LogP contribution in [0.25, 0.3) is 11.0 Å². The third kappa shape index (κ3) is 1.86. The van der Waals surface area contributed by atoms with Gasteiger partial charge in [0.25, 0.3) is 0 Å². The number of benzene rings is 1. The van der Waals surface area contributed by atoms with E-state index in [0.29, 0.717) is 5.52 Å². The van der Waals surface area contributed by atoms with Crippen LogP contribution >= 0.6 is 0 Å². The van der Waals surface area contributed by atoms with Gasteiger partial charge < -0.3 is 9.88 Å². The minimum absolute atomic E-state index is 0.0401. The van der Waals surface area contributed by atoms with Crippen LogP contribution in [0.1, 0.15) is 32.0 Å². The molecule has 0 saturated carbocycles. The summed E-state index contributed by atoms with van der Waals surface area (Å²) in [5.74, 6) is 0.789. The highest BCUT2D eigenvalue weighted by Gasteiger charge is 2.36.